The van der Waals surface area contributed by atoms with Gasteiger partial charge in [-0.3, -0.25) is 9.59 Å². The Balaban J connectivity index is 1.40. The number of carbonyl (C=O) groups excluding carboxylic acids is 2. The lowest BCUT2D eigenvalue weighted by Gasteiger charge is -2.34. The van der Waals surface area contributed by atoms with Gasteiger partial charge in [0, 0.05) is 31.5 Å². The first-order valence-corrected chi connectivity index (χ1v) is 8.95. The summed E-state index contributed by atoms with van der Waals surface area (Å²) in [4.78, 5) is 26.1. The van der Waals surface area contributed by atoms with Gasteiger partial charge in [0.15, 0.2) is 0 Å². The molecule has 0 spiro atoms. The summed E-state index contributed by atoms with van der Waals surface area (Å²) in [5, 5.41) is 3.12. The minimum absolute atomic E-state index is 0.0713. The van der Waals surface area contributed by atoms with Crippen molar-refractivity contribution in [1.82, 2.24) is 10.2 Å². The third-order valence-corrected chi connectivity index (χ3v) is 5.24. The van der Waals surface area contributed by atoms with Crippen LogP contribution in [0, 0.1) is 11.7 Å². The number of nitrogens with zero attached hydrogens (tertiary/aromatic N) is 1. The van der Waals surface area contributed by atoms with Crippen LogP contribution in [0.2, 0.25) is 0 Å². The molecule has 2 amide bonds. The monoisotopic (exact) mass is 332 g/mol. The second-order valence-electron chi connectivity index (χ2n) is 6.88. The van der Waals surface area contributed by atoms with Crippen molar-refractivity contribution in [3.63, 3.8) is 0 Å². The molecule has 1 aliphatic heterocycles. The van der Waals surface area contributed by atoms with E-state index in [-0.39, 0.29) is 29.6 Å². The van der Waals surface area contributed by atoms with Crippen LogP contribution in [0.5, 0.6) is 0 Å². The van der Waals surface area contributed by atoms with Crippen LogP contribution in [0.1, 0.15) is 44.1 Å². The normalized spacial score (nSPS) is 19.0. The van der Waals surface area contributed by atoms with Gasteiger partial charge in [0.1, 0.15) is 5.82 Å². The predicted octanol–water partition coefficient (Wildman–Crippen LogP) is 2.67. The number of aryl methyl sites for hydroxylation is 1. The molecule has 1 aromatic carbocycles. The Labute approximate surface area is 142 Å². The number of amides is 2. The van der Waals surface area contributed by atoms with Gasteiger partial charge in [-0.2, -0.15) is 0 Å². The molecule has 1 heterocycles. The van der Waals surface area contributed by atoms with Crippen LogP contribution in [0.3, 0.4) is 0 Å². The zero-order valence-corrected chi connectivity index (χ0v) is 14.0. The summed E-state index contributed by atoms with van der Waals surface area (Å²) in [5.41, 5.74) is 0.591. The van der Waals surface area contributed by atoms with Crippen molar-refractivity contribution in [2.24, 2.45) is 5.92 Å². The number of likely N-dealkylation sites (tertiary alicyclic amines) is 1. The van der Waals surface area contributed by atoms with E-state index in [1.165, 1.54) is 6.07 Å². The molecule has 0 aromatic heterocycles. The summed E-state index contributed by atoms with van der Waals surface area (Å²) in [6.45, 7) is 1.34. The molecule has 2 fully saturated rings. The molecule has 4 nitrogen and oxygen atoms in total. The van der Waals surface area contributed by atoms with E-state index in [2.05, 4.69) is 5.32 Å². The van der Waals surface area contributed by atoms with Gasteiger partial charge in [0.25, 0.3) is 0 Å². The molecule has 0 unspecified atom stereocenters. The van der Waals surface area contributed by atoms with Gasteiger partial charge in [-0.05, 0) is 43.7 Å². The lowest BCUT2D eigenvalue weighted by atomic mass is 9.84. The first kappa shape index (κ1) is 16.9. The number of carbonyl (C=O) groups is 2. The molecule has 1 N–H and O–H groups in total. The molecule has 0 radical (unpaired) electrons. The molecule has 3 rings (SSSR count). The van der Waals surface area contributed by atoms with E-state index in [9.17, 15) is 14.0 Å². The zero-order valence-electron chi connectivity index (χ0n) is 14.0. The molecular weight excluding hydrogens is 307 g/mol. The van der Waals surface area contributed by atoms with Gasteiger partial charge in [-0.1, -0.05) is 24.6 Å². The van der Waals surface area contributed by atoms with Crippen LogP contribution in [0.4, 0.5) is 4.39 Å². The molecule has 5 heteroatoms. The maximum absolute atomic E-state index is 13.6. The molecule has 130 valence electrons. The Morgan fingerprint density at radius 3 is 2.46 bits per heavy atom. The van der Waals surface area contributed by atoms with E-state index in [4.69, 9.17) is 0 Å². The number of nitrogens with one attached hydrogen (secondary N) is 1. The predicted molar refractivity (Wildman–Crippen MR) is 89.8 cm³/mol. The molecule has 2 aliphatic rings. The molecular formula is C19H25FN2O2. The van der Waals surface area contributed by atoms with Crippen LogP contribution >= 0.6 is 0 Å². The quantitative estimate of drug-likeness (QED) is 0.901. The van der Waals surface area contributed by atoms with Crippen molar-refractivity contribution in [3.8, 4) is 0 Å². The molecule has 1 saturated carbocycles. The molecule has 24 heavy (non-hydrogen) atoms. The summed E-state index contributed by atoms with van der Waals surface area (Å²) in [5.74, 6) is 0.223. The van der Waals surface area contributed by atoms with E-state index < -0.39 is 0 Å². The minimum Gasteiger partial charge on any atom is -0.353 e. The Morgan fingerprint density at radius 1 is 1.12 bits per heavy atom. The van der Waals surface area contributed by atoms with E-state index >= 15 is 0 Å². The fourth-order valence-corrected chi connectivity index (χ4v) is 3.36. The van der Waals surface area contributed by atoms with Crippen LogP contribution in [0.25, 0.3) is 0 Å². The van der Waals surface area contributed by atoms with Gasteiger partial charge in [0.05, 0.1) is 0 Å². The summed E-state index contributed by atoms with van der Waals surface area (Å²) >= 11 is 0. The Kier molecular flexibility index (Phi) is 5.48. The van der Waals surface area contributed by atoms with Crippen molar-refractivity contribution in [2.45, 2.75) is 51.0 Å². The SMILES string of the molecule is O=C(NC1CCN(C(=O)CCc2ccccc2F)CC1)C1CCC1. The fourth-order valence-electron chi connectivity index (χ4n) is 3.36. The average Bonchev–Trinajstić information content (AvgIpc) is 2.53. The maximum atomic E-state index is 13.6. The second-order valence-corrected chi connectivity index (χ2v) is 6.88. The van der Waals surface area contributed by atoms with Crippen molar-refractivity contribution < 1.29 is 14.0 Å². The largest absolute Gasteiger partial charge is 0.353 e. The lowest BCUT2D eigenvalue weighted by Crippen LogP contribution is -2.48. The summed E-state index contributed by atoms with van der Waals surface area (Å²) < 4.78 is 13.6. The smallest absolute Gasteiger partial charge is 0.223 e. The van der Waals surface area contributed by atoms with Crippen molar-refractivity contribution in [2.75, 3.05) is 13.1 Å². The minimum atomic E-state index is -0.247. The highest BCUT2D eigenvalue weighted by Gasteiger charge is 2.29. The third-order valence-electron chi connectivity index (χ3n) is 5.24. The van der Waals surface area contributed by atoms with Crippen molar-refractivity contribution in [3.05, 3.63) is 35.6 Å². The van der Waals surface area contributed by atoms with Crippen molar-refractivity contribution in [1.29, 1.82) is 0 Å². The summed E-state index contributed by atoms with van der Waals surface area (Å²) in [6.07, 6.45) is 5.57. The highest BCUT2D eigenvalue weighted by Crippen LogP contribution is 2.26. The zero-order chi connectivity index (χ0) is 16.9. The maximum Gasteiger partial charge on any atom is 0.223 e. The Bertz CT molecular complexity index is 593. The van der Waals surface area contributed by atoms with Crippen LogP contribution < -0.4 is 5.32 Å². The van der Waals surface area contributed by atoms with Crippen LogP contribution in [-0.4, -0.2) is 35.8 Å². The van der Waals surface area contributed by atoms with Gasteiger partial charge < -0.3 is 10.2 Å². The Morgan fingerprint density at radius 2 is 1.83 bits per heavy atom. The number of hydrogen-bond donors (Lipinski definition) is 1. The highest BCUT2D eigenvalue weighted by atomic mass is 19.1. The van der Waals surface area contributed by atoms with E-state index in [1.54, 1.807) is 18.2 Å². The molecule has 1 saturated heterocycles. The number of benzene rings is 1. The first-order chi connectivity index (χ1) is 11.6. The van der Waals surface area contributed by atoms with Crippen LogP contribution in [0.15, 0.2) is 24.3 Å². The standard InChI is InChI=1S/C19H25FN2O2/c20-17-7-2-1-4-14(17)8-9-18(23)22-12-10-16(11-13-22)21-19(24)15-5-3-6-15/h1-2,4,7,15-16H,3,5-6,8-13H2,(H,21,24). The Hall–Kier alpha value is -1.91. The highest BCUT2D eigenvalue weighted by molar-refractivity contribution is 5.80. The second kappa shape index (κ2) is 7.77. The average molecular weight is 332 g/mol. The number of rotatable bonds is 5. The van der Waals surface area contributed by atoms with E-state index in [0.717, 1.165) is 32.1 Å². The topological polar surface area (TPSA) is 49.4 Å². The van der Waals surface area contributed by atoms with Crippen LogP contribution in [-0.2, 0) is 16.0 Å². The fraction of sp³-hybridized carbons (Fsp3) is 0.579. The molecule has 1 aliphatic carbocycles. The summed E-state index contributed by atoms with van der Waals surface area (Å²) in [6, 6.07) is 6.79. The van der Waals surface area contributed by atoms with E-state index in [0.29, 0.717) is 31.5 Å². The number of hydrogen-bond acceptors (Lipinski definition) is 2. The van der Waals surface area contributed by atoms with Crippen molar-refractivity contribution >= 4 is 11.8 Å². The molecule has 1 aromatic rings. The number of halogens is 1. The lowest BCUT2D eigenvalue weighted by molar-refractivity contribution is -0.132. The van der Waals surface area contributed by atoms with Gasteiger partial charge >= 0.3 is 0 Å². The van der Waals surface area contributed by atoms with Gasteiger partial charge in [-0.15, -0.1) is 0 Å². The van der Waals surface area contributed by atoms with Gasteiger partial charge in [0.2, 0.25) is 11.8 Å². The third kappa shape index (κ3) is 4.13. The first-order valence-electron chi connectivity index (χ1n) is 8.95. The molecule has 0 atom stereocenters. The van der Waals surface area contributed by atoms with E-state index in [1.807, 2.05) is 4.90 Å². The molecule has 0 bridgehead atoms. The van der Waals surface area contributed by atoms with Gasteiger partial charge in [-0.25, -0.2) is 4.39 Å². The number of piperidine rings is 1. The summed E-state index contributed by atoms with van der Waals surface area (Å²) in [7, 11) is 0.